The number of carbonyl (C=O) groups is 3. The number of urea groups is 1. The number of carbonyl (C=O) groups excluding carboxylic acids is 3. The largest absolute Gasteiger partial charge is 0.497 e. The highest BCUT2D eigenvalue weighted by Crippen LogP contribution is 2.40. The van der Waals surface area contributed by atoms with Crippen molar-refractivity contribution in [3.8, 4) is 23.0 Å². The number of methoxy groups -OCH3 is 3. The maximum atomic E-state index is 13.2. The molecule has 14 nitrogen and oxygen atoms in total. The molecule has 3 aromatic carbocycles. The highest BCUT2D eigenvalue weighted by molar-refractivity contribution is 6.45. The average molecular weight is 827 g/mol. The van der Waals surface area contributed by atoms with E-state index in [-0.39, 0.29) is 39.2 Å². The van der Waals surface area contributed by atoms with Gasteiger partial charge in [-0.05, 0) is 59.0 Å². The van der Waals surface area contributed by atoms with Gasteiger partial charge in [-0.3, -0.25) is 14.6 Å². The van der Waals surface area contributed by atoms with Crippen molar-refractivity contribution in [2.75, 3.05) is 71.5 Å². The number of aromatic nitrogens is 1. The first-order chi connectivity index (χ1) is 27.2. The van der Waals surface area contributed by atoms with Crippen LogP contribution in [0.1, 0.15) is 53.5 Å². The lowest BCUT2D eigenvalue weighted by Gasteiger charge is -2.23. The Morgan fingerprint density at radius 3 is 2.19 bits per heavy atom. The Morgan fingerprint density at radius 2 is 1.51 bits per heavy atom. The molecule has 0 saturated carbocycles. The van der Waals surface area contributed by atoms with Gasteiger partial charge in [0.2, 0.25) is 5.91 Å². The van der Waals surface area contributed by atoms with Crippen LogP contribution in [0, 0.1) is 0 Å². The Morgan fingerprint density at radius 1 is 0.789 bits per heavy atom. The molecule has 4 amide bonds. The van der Waals surface area contributed by atoms with Crippen LogP contribution >= 0.6 is 23.2 Å². The number of pyridine rings is 1. The molecular formula is C41H49Cl2N5O9. The van der Waals surface area contributed by atoms with E-state index in [0.29, 0.717) is 85.8 Å². The van der Waals surface area contributed by atoms with Crippen LogP contribution in [0.15, 0.2) is 60.8 Å². The molecule has 4 rings (SSSR count). The molecule has 5 N–H and O–H groups in total. The number of hydrogen-bond donors (Lipinski definition) is 4. The lowest BCUT2D eigenvalue weighted by atomic mass is 9.85. The first-order valence-corrected chi connectivity index (χ1v) is 18.8. The summed E-state index contributed by atoms with van der Waals surface area (Å²) in [5, 5.41) is 8.47. The van der Waals surface area contributed by atoms with Gasteiger partial charge in [-0.2, -0.15) is 0 Å². The predicted molar refractivity (Wildman–Crippen MR) is 220 cm³/mol. The van der Waals surface area contributed by atoms with Gasteiger partial charge in [0.1, 0.15) is 28.0 Å². The Bertz CT molecular complexity index is 2020. The van der Waals surface area contributed by atoms with E-state index in [1.54, 1.807) is 55.8 Å². The number of nitrogens with one attached hydrogen (secondary N) is 3. The monoisotopic (exact) mass is 825 g/mol. The molecule has 0 radical (unpaired) electrons. The zero-order chi connectivity index (χ0) is 41.5. The highest BCUT2D eigenvalue weighted by atomic mass is 35.5. The Labute approximate surface area is 342 Å². The number of benzene rings is 3. The Balaban J connectivity index is 1.41. The number of nitrogens with two attached hydrogens (primary N) is 1. The van der Waals surface area contributed by atoms with E-state index in [0.717, 1.165) is 11.1 Å². The smallest absolute Gasteiger partial charge is 0.323 e. The van der Waals surface area contributed by atoms with Gasteiger partial charge < -0.3 is 50.1 Å². The summed E-state index contributed by atoms with van der Waals surface area (Å²) in [6.45, 7) is 8.55. The van der Waals surface area contributed by atoms with E-state index in [9.17, 15) is 14.4 Å². The molecule has 0 atom stereocenters. The summed E-state index contributed by atoms with van der Waals surface area (Å²) in [5.41, 5.74) is 9.02. The molecular weight excluding hydrogens is 777 g/mol. The van der Waals surface area contributed by atoms with Gasteiger partial charge in [-0.15, -0.1) is 0 Å². The van der Waals surface area contributed by atoms with Gasteiger partial charge in [0.15, 0.2) is 0 Å². The van der Waals surface area contributed by atoms with Crippen LogP contribution < -0.4 is 35.9 Å². The third-order valence-electron chi connectivity index (χ3n) is 8.35. The number of rotatable bonds is 20. The number of nitrogens with zero attached hydrogens (tertiary/aromatic N) is 1. The van der Waals surface area contributed by atoms with Crippen molar-refractivity contribution in [2.24, 2.45) is 5.73 Å². The molecule has 1 heterocycles. The summed E-state index contributed by atoms with van der Waals surface area (Å²) in [4.78, 5) is 42.5. The third-order valence-corrected chi connectivity index (χ3v) is 9.21. The van der Waals surface area contributed by atoms with Crippen molar-refractivity contribution in [1.82, 2.24) is 10.3 Å². The SMILES string of the molecule is COCCOCCOCCNC(=O)c1cc(Cc2cc(Oc3ccc(NC(=O)Nc4cc(C(C)(C)C)cc(CC(N)=O)c4OC)c(Cl)c3Cl)ccn2)cc(OC)c1. The van der Waals surface area contributed by atoms with Crippen molar-refractivity contribution in [3.63, 3.8) is 0 Å². The second kappa shape index (κ2) is 21.4. The highest BCUT2D eigenvalue weighted by Gasteiger charge is 2.22. The summed E-state index contributed by atoms with van der Waals surface area (Å²) in [5.74, 6) is 0.688. The summed E-state index contributed by atoms with van der Waals surface area (Å²) < 4.78 is 32.9. The molecule has 0 aliphatic heterocycles. The first kappa shape index (κ1) is 44.6. The van der Waals surface area contributed by atoms with Crippen LogP contribution in [-0.2, 0) is 37.3 Å². The zero-order valence-electron chi connectivity index (χ0n) is 32.9. The van der Waals surface area contributed by atoms with Crippen LogP contribution in [0.4, 0.5) is 16.2 Å². The van der Waals surface area contributed by atoms with E-state index in [2.05, 4.69) is 20.9 Å². The number of primary amides is 1. The molecule has 306 valence electrons. The normalized spacial score (nSPS) is 11.2. The van der Waals surface area contributed by atoms with E-state index in [4.69, 9.17) is 57.4 Å². The lowest BCUT2D eigenvalue weighted by molar-refractivity contribution is -0.117. The molecule has 0 spiro atoms. The number of halogens is 2. The van der Waals surface area contributed by atoms with Gasteiger partial charge in [-0.25, -0.2) is 4.79 Å². The minimum Gasteiger partial charge on any atom is -0.497 e. The maximum absolute atomic E-state index is 13.2. The fourth-order valence-corrected chi connectivity index (χ4v) is 5.93. The fraction of sp³-hybridized carbons (Fsp3) is 0.366. The molecule has 4 aromatic rings. The van der Waals surface area contributed by atoms with E-state index >= 15 is 0 Å². The van der Waals surface area contributed by atoms with Crippen LogP contribution in [0.3, 0.4) is 0 Å². The lowest BCUT2D eigenvalue weighted by Crippen LogP contribution is -2.27. The summed E-state index contributed by atoms with van der Waals surface area (Å²) in [7, 11) is 4.59. The van der Waals surface area contributed by atoms with Crippen LogP contribution in [-0.4, -0.2) is 83.7 Å². The fourth-order valence-electron chi connectivity index (χ4n) is 5.52. The van der Waals surface area contributed by atoms with Gasteiger partial charge >= 0.3 is 6.03 Å². The zero-order valence-corrected chi connectivity index (χ0v) is 34.4. The molecule has 0 aliphatic rings. The molecule has 0 bridgehead atoms. The number of anilines is 2. The third kappa shape index (κ3) is 13.5. The van der Waals surface area contributed by atoms with Gasteiger partial charge in [-0.1, -0.05) is 50.0 Å². The van der Waals surface area contributed by atoms with Crippen LogP contribution in [0.5, 0.6) is 23.0 Å². The van der Waals surface area contributed by atoms with Crippen molar-refractivity contribution in [1.29, 1.82) is 0 Å². The molecule has 0 unspecified atom stereocenters. The maximum Gasteiger partial charge on any atom is 0.323 e. The van der Waals surface area contributed by atoms with Crippen molar-refractivity contribution in [2.45, 2.75) is 39.0 Å². The second-order valence-corrected chi connectivity index (χ2v) is 14.5. The topological polar surface area (TPSA) is 182 Å². The quantitative estimate of drug-likeness (QED) is 0.0668. The van der Waals surface area contributed by atoms with Gasteiger partial charge in [0.05, 0.1) is 70.1 Å². The molecule has 57 heavy (non-hydrogen) atoms. The van der Waals surface area contributed by atoms with Crippen LogP contribution in [0.25, 0.3) is 0 Å². The summed E-state index contributed by atoms with van der Waals surface area (Å²) in [6, 6.07) is 14.8. The number of amides is 4. The van der Waals surface area contributed by atoms with Gasteiger partial charge in [0.25, 0.3) is 5.91 Å². The minimum atomic E-state index is -0.627. The van der Waals surface area contributed by atoms with Crippen molar-refractivity contribution < 1.29 is 42.8 Å². The Kier molecular flexibility index (Phi) is 16.8. The van der Waals surface area contributed by atoms with Gasteiger partial charge in [0, 0.05) is 49.2 Å². The summed E-state index contributed by atoms with van der Waals surface area (Å²) in [6.07, 6.45) is 1.88. The second-order valence-electron chi connectivity index (χ2n) is 13.7. The van der Waals surface area contributed by atoms with E-state index in [1.165, 1.54) is 14.2 Å². The van der Waals surface area contributed by atoms with E-state index < -0.39 is 11.9 Å². The molecule has 0 fully saturated rings. The standard InChI is InChI=1S/C41H49Cl2N5O9/c1-41(2,3)28-20-26(22-35(44)49)38(54-6)33(23-28)48-40(51)47-32-7-8-34(37(43)36(32)42)57-30-9-10-45-29(24-30)18-25-17-27(21-31(19-25)53-5)39(50)46-11-12-55-15-16-56-14-13-52-4/h7-10,17,19-21,23-24H,11-16,18,22H2,1-6H3,(H2,44,49)(H,46,50)(H2,47,48,51). The van der Waals surface area contributed by atoms with Crippen molar-refractivity contribution in [3.05, 3.63) is 98.8 Å². The predicted octanol–water partition coefficient (Wildman–Crippen LogP) is 7.17. The first-order valence-electron chi connectivity index (χ1n) is 18.0. The van der Waals surface area contributed by atoms with E-state index in [1.807, 2.05) is 32.9 Å². The summed E-state index contributed by atoms with van der Waals surface area (Å²) >= 11 is 13.3. The number of hydrogen-bond acceptors (Lipinski definition) is 10. The average Bonchev–Trinajstić information content (AvgIpc) is 3.16. The molecule has 1 aromatic heterocycles. The Hall–Kier alpha value is -5.12. The van der Waals surface area contributed by atoms with Crippen LogP contribution in [0.2, 0.25) is 10.0 Å². The molecule has 16 heteroatoms. The molecule has 0 saturated heterocycles. The molecule has 0 aliphatic carbocycles. The minimum absolute atomic E-state index is 0.0455. The number of ether oxygens (including phenoxy) is 6. The van der Waals surface area contributed by atoms with Crippen molar-refractivity contribution >= 4 is 52.4 Å².